The first kappa shape index (κ1) is 19.6. The number of ether oxygens (including phenoxy) is 1. The van der Waals surface area contributed by atoms with Crippen molar-refractivity contribution >= 4 is 12.0 Å². The van der Waals surface area contributed by atoms with Crippen molar-refractivity contribution in [2.75, 3.05) is 0 Å². The summed E-state index contributed by atoms with van der Waals surface area (Å²) in [5.74, 6) is -0.0187. The molecule has 4 heteroatoms. The van der Waals surface area contributed by atoms with E-state index in [0.717, 1.165) is 22.5 Å². The molecule has 0 aliphatic rings. The zero-order valence-electron chi connectivity index (χ0n) is 17.1. The van der Waals surface area contributed by atoms with Crippen molar-refractivity contribution in [1.82, 2.24) is 9.78 Å². The van der Waals surface area contributed by atoms with Gasteiger partial charge in [0, 0.05) is 17.6 Å². The summed E-state index contributed by atoms with van der Waals surface area (Å²) in [7, 11) is 0. The second kappa shape index (κ2) is 7.85. The third kappa shape index (κ3) is 4.58. The molecule has 0 amide bonds. The summed E-state index contributed by atoms with van der Waals surface area (Å²) in [5, 5.41) is 4.73. The van der Waals surface area contributed by atoms with Gasteiger partial charge >= 0.3 is 5.97 Å². The molecule has 0 radical (unpaired) electrons. The zero-order chi connectivity index (χ0) is 20.3. The van der Waals surface area contributed by atoms with Crippen LogP contribution in [0.2, 0.25) is 0 Å². The first-order valence-corrected chi connectivity index (χ1v) is 9.37. The Morgan fingerprint density at radius 3 is 2.39 bits per heavy atom. The second-order valence-electron chi connectivity index (χ2n) is 7.98. The van der Waals surface area contributed by atoms with Gasteiger partial charge < -0.3 is 4.74 Å². The highest BCUT2D eigenvalue weighted by Crippen LogP contribution is 2.29. The number of hydrogen-bond acceptors (Lipinski definition) is 3. The van der Waals surface area contributed by atoms with E-state index >= 15 is 0 Å². The lowest BCUT2D eigenvalue weighted by Gasteiger charge is -2.14. The van der Waals surface area contributed by atoms with E-state index < -0.39 is 5.97 Å². The maximum Gasteiger partial charge on any atom is 0.337 e. The van der Waals surface area contributed by atoms with Gasteiger partial charge in [0.2, 0.25) is 5.88 Å². The van der Waals surface area contributed by atoms with Gasteiger partial charge in [0.05, 0.1) is 11.4 Å². The second-order valence-corrected chi connectivity index (χ2v) is 7.98. The van der Waals surface area contributed by atoms with E-state index in [1.807, 2.05) is 55.5 Å². The smallest absolute Gasteiger partial charge is 0.337 e. The van der Waals surface area contributed by atoms with Crippen LogP contribution >= 0.6 is 0 Å². The summed E-state index contributed by atoms with van der Waals surface area (Å²) < 4.78 is 7.37. The van der Waals surface area contributed by atoms with Crippen LogP contribution in [0, 0.1) is 13.8 Å². The lowest BCUT2D eigenvalue weighted by Crippen LogP contribution is -2.13. The Balaban J connectivity index is 1.94. The Labute approximate surface area is 166 Å². The van der Waals surface area contributed by atoms with E-state index in [9.17, 15) is 4.79 Å². The van der Waals surface area contributed by atoms with E-state index in [2.05, 4.69) is 33.8 Å². The van der Waals surface area contributed by atoms with E-state index in [0.29, 0.717) is 5.88 Å². The molecule has 1 heterocycles. The average Bonchev–Trinajstić information content (AvgIpc) is 3.05. The lowest BCUT2D eigenvalue weighted by molar-refractivity contribution is -0.129. The molecule has 0 atom stereocenters. The molecule has 4 nitrogen and oxygen atoms in total. The highest BCUT2D eigenvalue weighted by Gasteiger charge is 2.22. The number of esters is 1. The first-order chi connectivity index (χ1) is 13.2. The fourth-order valence-electron chi connectivity index (χ4n) is 2.88. The van der Waals surface area contributed by atoms with E-state index in [-0.39, 0.29) is 5.41 Å². The maximum atomic E-state index is 12.4. The molecule has 0 N–H and O–H groups in total. The van der Waals surface area contributed by atoms with Crippen LogP contribution in [0.3, 0.4) is 0 Å². The lowest BCUT2D eigenvalue weighted by atomic mass is 9.93. The number of benzene rings is 2. The first-order valence-electron chi connectivity index (χ1n) is 9.37. The SMILES string of the molecule is Cc1ccc(-n2nc(C(C)(C)C)cc2OC(=O)C=Cc2ccccc2)c(C)c1. The van der Waals surface area contributed by atoms with Gasteiger partial charge in [0.1, 0.15) is 0 Å². The highest BCUT2D eigenvalue weighted by molar-refractivity contribution is 5.88. The van der Waals surface area contributed by atoms with Gasteiger partial charge in [-0.1, -0.05) is 68.8 Å². The van der Waals surface area contributed by atoms with Crippen LogP contribution in [0.15, 0.2) is 60.7 Å². The van der Waals surface area contributed by atoms with Gasteiger partial charge in [0.25, 0.3) is 0 Å². The Hall–Kier alpha value is -3.14. The van der Waals surface area contributed by atoms with Crippen molar-refractivity contribution in [2.24, 2.45) is 0 Å². The topological polar surface area (TPSA) is 44.1 Å². The third-order valence-corrected chi connectivity index (χ3v) is 4.44. The van der Waals surface area contributed by atoms with Crippen LogP contribution in [0.1, 0.15) is 43.2 Å². The minimum Gasteiger partial charge on any atom is -0.404 e. The predicted octanol–water partition coefficient (Wildman–Crippen LogP) is 5.41. The van der Waals surface area contributed by atoms with Crippen molar-refractivity contribution in [3.63, 3.8) is 0 Å². The number of carbonyl (C=O) groups excluding carboxylic acids is 1. The maximum absolute atomic E-state index is 12.4. The molecular weight excluding hydrogens is 348 g/mol. The Morgan fingerprint density at radius 1 is 1.04 bits per heavy atom. The Bertz CT molecular complexity index is 1010. The molecule has 0 aliphatic heterocycles. The van der Waals surface area contributed by atoms with E-state index in [1.165, 1.54) is 11.6 Å². The van der Waals surface area contributed by atoms with E-state index in [4.69, 9.17) is 9.84 Å². The average molecular weight is 374 g/mol. The Morgan fingerprint density at radius 2 is 1.75 bits per heavy atom. The van der Waals surface area contributed by atoms with E-state index in [1.54, 1.807) is 10.8 Å². The number of carbonyl (C=O) groups is 1. The van der Waals surface area contributed by atoms with Crippen molar-refractivity contribution < 1.29 is 9.53 Å². The zero-order valence-corrected chi connectivity index (χ0v) is 17.1. The Kier molecular flexibility index (Phi) is 5.50. The fourth-order valence-corrected chi connectivity index (χ4v) is 2.88. The molecule has 0 aliphatic carbocycles. The molecule has 0 fully saturated rings. The number of rotatable bonds is 4. The summed E-state index contributed by atoms with van der Waals surface area (Å²) in [5.41, 5.74) is 4.79. The molecule has 0 spiro atoms. The van der Waals surface area contributed by atoms with Gasteiger partial charge in [-0.25, -0.2) is 9.48 Å². The minimum atomic E-state index is -0.435. The fraction of sp³-hybridized carbons (Fsp3) is 0.250. The summed E-state index contributed by atoms with van der Waals surface area (Å²) in [6, 6.07) is 17.6. The number of aromatic nitrogens is 2. The normalized spacial score (nSPS) is 11.8. The van der Waals surface area contributed by atoms with Crippen LogP contribution in [0.4, 0.5) is 0 Å². The molecule has 0 bridgehead atoms. The van der Waals surface area contributed by atoms with Crippen molar-refractivity contribution in [3.05, 3.63) is 83.1 Å². The molecule has 0 saturated carbocycles. The van der Waals surface area contributed by atoms with Crippen LogP contribution in [0.5, 0.6) is 5.88 Å². The molecular formula is C24H26N2O2. The summed E-state index contributed by atoms with van der Waals surface area (Å²) in [4.78, 5) is 12.4. The minimum absolute atomic E-state index is 0.162. The molecule has 0 saturated heterocycles. The van der Waals surface area contributed by atoms with Crippen molar-refractivity contribution in [2.45, 2.75) is 40.0 Å². The highest BCUT2D eigenvalue weighted by atomic mass is 16.5. The predicted molar refractivity (Wildman–Crippen MR) is 113 cm³/mol. The van der Waals surface area contributed by atoms with Gasteiger partial charge in [-0.15, -0.1) is 0 Å². The van der Waals surface area contributed by atoms with Crippen LogP contribution in [0.25, 0.3) is 11.8 Å². The number of nitrogens with zero attached hydrogens (tertiary/aromatic N) is 2. The molecule has 1 aromatic heterocycles. The van der Waals surface area contributed by atoms with Crippen molar-refractivity contribution in [3.8, 4) is 11.6 Å². The summed E-state index contributed by atoms with van der Waals surface area (Å²) >= 11 is 0. The van der Waals surface area contributed by atoms with Gasteiger partial charge in [0.15, 0.2) is 0 Å². The molecule has 28 heavy (non-hydrogen) atoms. The van der Waals surface area contributed by atoms with Gasteiger partial charge in [-0.2, -0.15) is 5.10 Å². The molecule has 3 aromatic rings. The summed E-state index contributed by atoms with van der Waals surface area (Å²) in [6.07, 6.45) is 3.18. The van der Waals surface area contributed by atoms with Gasteiger partial charge in [-0.05, 0) is 37.1 Å². The molecule has 2 aromatic carbocycles. The molecule has 0 unspecified atom stereocenters. The molecule has 3 rings (SSSR count). The standard InChI is InChI=1S/C24H26N2O2/c1-17-11-13-20(18(2)15-17)26-22(16-21(25-26)24(3,4)5)28-23(27)14-12-19-9-7-6-8-10-19/h6-16H,1-5H3. The van der Waals surface area contributed by atoms with Crippen LogP contribution in [-0.2, 0) is 10.2 Å². The number of aryl methyl sites for hydroxylation is 2. The molecule has 144 valence electrons. The van der Waals surface area contributed by atoms with Gasteiger partial charge in [-0.3, -0.25) is 0 Å². The monoisotopic (exact) mass is 374 g/mol. The largest absolute Gasteiger partial charge is 0.404 e. The third-order valence-electron chi connectivity index (χ3n) is 4.44. The van der Waals surface area contributed by atoms with Crippen LogP contribution in [-0.4, -0.2) is 15.7 Å². The quantitative estimate of drug-likeness (QED) is 0.453. The van der Waals surface area contributed by atoms with Crippen molar-refractivity contribution in [1.29, 1.82) is 0 Å². The summed E-state index contributed by atoms with van der Waals surface area (Å²) in [6.45, 7) is 10.3. The van der Waals surface area contributed by atoms with Crippen LogP contribution < -0.4 is 4.74 Å². The number of hydrogen-bond donors (Lipinski definition) is 0.